The molecule has 0 bridgehead atoms. The number of hydrogen-bond donors (Lipinski definition) is 0. The zero-order chi connectivity index (χ0) is 16.9. The lowest BCUT2D eigenvalue weighted by Gasteiger charge is -2.14. The normalized spacial score (nSPS) is 13.4. The van der Waals surface area contributed by atoms with Gasteiger partial charge in [-0.1, -0.05) is 6.07 Å². The molecule has 0 spiro atoms. The van der Waals surface area contributed by atoms with Gasteiger partial charge in [0.2, 0.25) is 0 Å². The van der Waals surface area contributed by atoms with Crippen molar-refractivity contribution in [3.8, 4) is 0 Å². The molecule has 116 valence electrons. The highest BCUT2D eigenvalue weighted by Crippen LogP contribution is 2.35. The summed E-state index contributed by atoms with van der Waals surface area (Å²) in [5.41, 5.74) is 2.03. The van der Waals surface area contributed by atoms with Crippen molar-refractivity contribution in [3.05, 3.63) is 62.5 Å². The summed E-state index contributed by atoms with van der Waals surface area (Å²) in [7, 11) is 0. The molecule has 2 heterocycles. The summed E-state index contributed by atoms with van der Waals surface area (Å²) in [6, 6.07) is 4.40. The van der Waals surface area contributed by atoms with Gasteiger partial charge in [-0.3, -0.25) is 24.7 Å². The van der Waals surface area contributed by atoms with Gasteiger partial charge in [0.1, 0.15) is 5.56 Å². The smallest absolute Gasteiger partial charge is 0.268 e. The van der Waals surface area contributed by atoms with Crippen LogP contribution in [0.15, 0.2) is 24.4 Å². The molecule has 3 rings (SSSR count). The number of anilines is 1. The quantitative estimate of drug-likeness (QED) is 0.483. The summed E-state index contributed by atoms with van der Waals surface area (Å²) in [4.78, 5) is 40.9. The molecule has 1 aromatic carbocycles. The third-order valence-corrected chi connectivity index (χ3v) is 4.01. The number of nitro groups is 1. The number of benzene rings is 1. The van der Waals surface area contributed by atoms with E-state index in [4.69, 9.17) is 0 Å². The van der Waals surface area contributed by atoms with Crippen LogP contribution in [0.1, 0.15) is 37.5 Å². The minimum Gasteiger partial charge on any atom is -0.268 e. The van der Waals surface area contributed by atoms with E-state index in [9.17, 15) is 19.7 Å². The number of pyridine rings is 1. The van der Waals surface area contributed by atoms with E-state index in [0.717, 1.165) is 16.2 Å². The molecule has 0 aliphatic carbocycles. The van der Waals surface area contributed by atoms with Crippen molar-refractivity contribution in [1.29, 1.82) is 0 Å². The number of fused-ring (bicyclic) bond motifs is 1. The second kappa shape index (κ2) is 4.98. The van der Waals surface area contributed by atoms with Gasteiger partial charge in [-0.2, -0.15) is 0 Å². The molecule has 0 atom stereocenters. The van der Waals surface area contributed by atoms with Crippen LogP contribution in [-0.4, -0.2) is 21.7 Å². The third kappa shape index (κ3) is 2.09. The summed E-state index contributed by atoms with van der Waals surface area (Å²) >= 11 is 0. The van der Waals surface area contributed by atoms with Crippen LogP contribution in [-0.2, 0) is 0 Å². The molecule has 1 aliphatic rings. The van der Waals surface area contributed by atoms with Gasteiger partial charge in [-0.05, 0) is 38.0 Å². The Hall–Kier alpha value is -3.09. The molecule has 2 amide bonds. The Labute approximate surface area is 131 Å². The minimum absolute atomic E-state index is 0.0856. The number of nitrogens with zero attached hydrogens (tertiary/aromatic N) is 3. The van der Waals surface area contributed by atoms with Gasteiger partial charge in [-0.15, -0.1) is 0 Å². The second-order valence-corrected chi connectivity index (χ2v) is 5.45. The molecule has 0 saturated carbocycles. The van der Waals surface area contributed by atoms with Crippen LogP contribution in [0.4, 0.5) is 11.4 Å². The first-order chi connectivity index (χ1) is 10.8. The standard InChI is InChI=1S/C16H13N3O4/c1-8-4-5-12(19(22)23)14-13(8)15(20)18(16(14)21)11-6-9(2)10(3)17-7-11/h4-7H,1-3H3. The molecule has 7 heteroatoms. The van der Waals surface area contributed by atoms with Gasteiger partial charge in [0.15, 0.2) is 0 Å². The first-order valence-corrected chi connectivity index (χ1v) is 6.93. The Balaban J connectivity index is 2.21. The number of carbonyl (C=O) groups is 2. The Morgan fingerprint density at radius 3 is 2.30 bits per heavy atom. The summed E-state index contributed by atoms with van der Waals surface area (Å²) in [6.07, 6.45) is 1.42. The van der Waals surface area contributed by atoms with E-state index >= 15 is 0 Å². The maximum absolute atomic E-state index is 12.7. The summed E-state index contributed by atoms with van der Waals surface area (Å²) in [6.45, 7) is 5.28. The average molecular weight is 311 g/mol. The lowest BCUT2D eigenvalue weighted by molar-refractivity contribution is -0.385. The molecular formula is C16H13N3O4. The molecule has 0 radical (unpaired) electrons. The maximum Gasteiger partial charge on any atom is 0.283 e. The fraction of sp³-hybridized carbons (Fsp3) is 0.188. The maximum atomic E-state index is 12.7. The van der Waals surface area contributed by atoms with Gasteiger partial charge in [0.05, 0.1) is 22.4 Å². The Morgan fingerprint density at radius 1 is 1.04 bits per heavy atom. The lowest BCUT2D eigenvalue weighted by atomic mass is 10.0. The molecular weight excluding hydrogens is 298 g/mol. The summed E-state index contributed by atoms with van der Waals surface area (Å²) in [5, 5.41) is 11.2. The number of aromatic nitrogens is 1. The summed E-state index contributed by atoms with van der Waals surface area (Å²) in [5.74, 6) is -1.25. The zero-order valence-corrected chi connectivity index (χ0v) is 12.8. The number of carbonyl (C=O) groups excluding carboxylic acids is 2. The Kier molecular flexibility index (Phi) is 3.21. The van der Waals surface area contributed by atoms with Crippen LogP contribution in [0.3, 0.4) is 0 Å². The van der Waals surface area contributed by atoms with Gasteiger partial charge in [-0.25, -0.2) is 4.90 Å². The van der Waals surface area contributed by atoms with Crippen molar-refractivity contribution >= 4 is 23.2 Å². The van der Waals surface area contributed by atoms with Crippen molar-refractivity contribution in [3.63, 3.8) is 0 Å². The van der Waals surface area contributed by atoms with E-state index in [1.807, 2.05) is 13.8 Å². The Morgan fingerprint density at radius 2 is 1.70 bits per heavy atom. The number of aryl methyl sites for hydroxylation is 3. The van der Waals surface area contributed by atoms with Crippen LogP contribution in [0.2, 0.25) is 0 Å². The third-order valence-electron chi connectivity index (χ3n) is 4.01. The van der Waals surface area contributed by atoms with Crippen molar-refractivity contribution < 1.29 is 14.5 Å². The number of nitro benzene ring substituents is 1. The number of amides is 2. The summed E-state index contributed by atoms with van der Waals surface area (Å²) < 4.78 is 0. The molecule has 0 unspecified atom stereocenters. The van der Waals surface area contributed by atoms with Crippen molar-refractivity contribution in [1.82, 2.24) is 4.98 Å². The van der Waals surface area contributed by atoms with E-state index in [1.54, 1.807) is 13.0 Å². The molecule has 0 fully saturated rings. The van der Waals surface area contributed by atoms with E-state index in [2.05, 4.69) is 4.98 Å². The zero-order valence-electron chi connectivity index (χ0n) is 12.8. The average Bonchev–Trinajstić information content (AvgIpc) is 2.75. The first kappa shape index (κ1) is 14.8. The van der Waals surface area contributed by atoms with Gasteiger partial charge >= 0.3 is 0 Å². The van der Waals surface area contributed by atoms with E-state index in [0.29, 0.717) is 11.3 Å². The van der Waals surface area contributed by atoms with E-state index < -0.39 is 16.7 Å². The number of hydrogen-bond acceptors (Lipinski definition) is 5. The molecule has 7 nitrogen and oxygen atoms in total. The van der Waals surface area contributed by atoms with Crippen molar-refractivity contribution in [2.24, 2.45) is 0 Å². The van der Waals surface area contributed by atoms with Crippen LogP contribution in [0, 0.1) is 30.9 Å². The molecule has 1 aromatic heterocycles. The van der Waals surface area contributed by atoms with E-state index in [-0.39, 0.29) is 16.8 Å². The van der Waals surface area contributed by atoms with Gasteiger partial charge in [0.25, 0.3) is 17.5 Å². The predicted octanol–water partition coefficient (Wildman–Crippen LogP) is 2.72. The van der Waals surface area contributed by atoms with Crippen molar-refractivity contribution in [2.75, 3.05) is 4.90 Å². The van der Waals surface area contributed by atoms with Crippen LogP contribution in [0.25, 0.3) is 0 Å². The van der Waals surface area contributed by atoms with Crippen molar-refractivity contribution in [2.45, 2.75) is 20.8 Å². The fourth-order valence-electron chi connectivity index (χ4n) is 2.64. The van der Waals surface area contributed by atoms with Gasteiger partial charge in [0, 0.05) is 11.8 Å². The molecule has 0 N–H and O–H groups in total. The second-order valence-electron chi connectivity index (χ2n) is 5.45. The topological polar surface area (TPSA) is 93.4 Å². The number of imide groups is 1. The molecule has 2 aromatic rings. The number of rotatable bonds is 2. The molecule has 1 aliphatic heterocycles. The van der Waals surface area contributed by atoms with Crippen LogP contribution < -0.4 is 4.90 Å². The SMILES string of the molecule is Cc1cc(N2C(=O)c3c(C)ccc([N+](=O)[O-])c3C2=O)cnc1C. The highest BCUT2D eigenvalue weighted by molar-refractivity contribution is 6.36. The first-order valence-electron chi connectivity index (χ1n) is 6.93. The molecule has 0 saturated heterocycles. The van der Waals surface area contributed by atoms with Crippen LogP contribution >= 0.6 is 0 Å². The largest absolute Gasteiger partial charge is 0.283 e. The van der Waals surface area contributed by atoms with E-state index in [1.165, 1.54) is 18.3 Å². The highest BCUT2D eigenvalue weighted by Gasteiger charge is 2.43. The van der Waals surface area contributed by atoms with Gasteiger partial charge < -0.3 is 0 Å². The highest BCUT2D eigenvalue weighted by atomic mass is 16.6. The monoisotopic (exact) mass is 311 g/mol. The fourth-order valence-corrected chi connectivity index (χ4v) is 2.64. The lowest BCUT2D eigenvalue weighted by Crippen LogP contribution is -2.29. The molecule has 23 heavy (non-hydrogen) atoms. The van der Waals surface area contributed by atoms with Crippen LogP contribution in [0.5, 0.6) is 0 Å². The Bertz CT molecular complexity index is 889. The minimum atomic E-state index is -0.689. The predicted molar refractivity (Wildman–Crippen MR) is 82.7 cm³/mol.